The molecule has 0 fully saturated rings. The predicted octanol–water partition coefficient (Wildman–Crippen LogP) is 3.31. The molecule has 0 amide bonds. The molecule has 0 saturated carbocycles. The van der Waals surface area contributed by atoms with Crippen LogP contribution in [0, 0.1) is 0 Å². The molecule has 0 N–H and O–H groups in total. The van der Waals surface area contributed by atoms with Gasteiger partial charge in [0, 0.05) is 6.07 Å². The molecule has 17 heavy (non-hydrogen) atoms. The van der Waals surface area contributed by atoms with Gasteiger partial charge in [0.1, 0.15) is 5.75 Å². The number of hydrogen-bond donors (Lipinski definition) is 0. The monoisotopic (exact) mass is 284 g/mol. The van der Waals surface area contributed by atoms with Gasteiger partial charge in [0.15, 0.2) is 0 Å². The molecule has 1 aromatic rings. The molecule has 0 radical (unpaired) electrons. The summed E-state index contributed by atoms with van der Waals surface area (Å²) in [6.07, 6.45) is -0.171. The Kier molecular flexibility index (Phi) is 4.96. The summed E-state index contributed by atoms with van der Waals surface area (Å²) in [4.78, 5) is 11.1. The van der Waals surface area contributed by atoms with Crippen LogP contribution in [0.4, 0.5) is 8.78 Å². The number of ether oxygens (including phenoxy) is 2. The first-order valence-electron chi connectivity index (χ1n) is 4.43. The van der Waals surface area contributed by atoms with Crippen molar-refractivity contribution in [3.8, 4) is 5.75 Å². The van der Waals surface area contributed by atoms with Crippen molar-refractivity contribution >= 4 is 29.2 Å². The van der Waals surface area contributed by atoms with E-state index in [1.807, 2.05) is 0 Å². The zero-order chi connectivity index (χ0) is 13.0. The van der Waals surface area contributed by atoms with E-state index in [1.165, 1.54) is 13.2 Å². The smallest absolute Gasteiger partial charge is 0.387 e. The van der Waals surface area contributed by atoms with Crippen LogP contribution >= 0.6 is 23.2 Å². The number of carbonyl (C=O) groups is 1. The lowest BCUT2D eigenvalue weighted by Gasteiger charge is -2.09. The summed E-state index contributed by atoms with van der Waals surface area (Å²) in [5, 5.41) is 0.141. The summed E-state index contributed by atoms with van der Waals surface area (Å²) in [6, 6.07) is 2.37. The number of hydrogen-bond acceptors (Lipinski definition) is 3. The van der Waals surface area contributed by atoms with E-state index in [1.54, 1.807) is 0 Å². The lowest BCUT2D eigenvalue weighted by atomic mass is 10.1. The van der Waals surface area contributed by atoms with Gasteiger partial charge < -0.3 is 9.47 Å². The van der Waals surface area contributed by atoms with Gasteiger partial charge in [-0.1, -0.05) is 23.2 Å². The average Bonchev–Trinajstić information content (AvgIpc) is 2.24. The van der Waals surface area contributed by atoms with Crippen LogP contribution in [-0.2, 0) is 16.0 Å². The molecule has 3 nitrogen and oxygen atoms in total. The highest BCUT2D eigenvalue weighted by Gasteiger charge is 2.14. The van der Waals surface area contributed by atoms with Crippen molar-refractivity contribution in [2.45, 2.75) is 13.0 Å². The van der Waals surface area contributed by atoms with Crippen LogP contribution in [0.1, 0.15) is 5.56 Å². The molecule has 94 valence electrons. The Balaban J connectivity index is 3.02. The van der Waals surface area contributed by atoms with Crippen LogP contribution < -0.4 is 4.74 Å². The largest absolute Gasteiger partial charge is 0.469 e. The fourth-order valence-electron chi connectivity index (χ4n) is 1.15. The van der Waals surface area contributed by atoms with E-state index >= 15 is 0 Å². The van der Waals surface area contributed by atoms with Crippen molar-refractivity contribution in [2.75, 3.05) is 7.11 Å². The minimum Gasteiger partial charge on any atom is -0.469 e. The van der Waals surface area contributed by atoms with Crippen molar-refractivity contribution in [3.63, 3.8) is 0 Å². The van der Waals surface area contributed by atoms with Gasteiger partial charge in [0.25, 0.3) is 0 Å². The zero-order valence-electron chi connectivity index (χ0n) is 8.68. The summed E-state index contributed by atoms with van der Waals surface area (Å²) < 4.78 is 32.7. The first-order valence-corrected chi connectivity index (χ1v) is 5.19. The first-order chi connectivity index (χ1) is 7.93. The Morgan fingerprint density at radius 2 is 2.06 bits per heavy atom. The fraction of sp³-hybridized carbons (Fsp3) is 0.300. The van der Waals surface area contributed by atoms with Gasteiger partial charge in [-0.2, -0.15) is 8.78 Å². The van der Waals surface area contributed by atoms with Gasteiger partial charge in [-0.05, 0) is 11.6 Å². The third-order valence-corrected chi connectivity index (χ3v) is 2.71. The standard InChI is InChI=1S/C10H8Cl2F2O3/c1-16-8(15)3-5-2-6(17-10(13)14)4-7(11)9(5)12/h2,4,10H,3H2,1H3. The summed E-state index contributed by atoms with van der Waals surface area (Å²) in [5.41, 5.74) is 0.265. The second-order valence-corrected chi connectivity index (χ2v) is 3.79. The van der Waals surface area contributed by atoms with Crippen LogP contribution in [0.2, 0.25) is 10.0 Å². The van der Waals surface area contributed by atoms with Crippen LogP contribution in [0.5, 0.6) is 5.75 Å². The molecule has 0 unspecified atom stereocenters. The molecule has 0 bridgehead atoms. The van der Waals surface area contributed by atoms with E-state index in [4.69, 9.17) is 23.2 Å². The quantitative estimate of drug-likeness (QED) is 0.796. The second-order valence-electron chi connectivity index (χ2n) is 3.01. The number of esters is 1. The molecule has 0 spiro atoms. The van der Waals surface area contributed by atoms with Crippen molar-refractivity contribution in [1.82, 2.24) is 0 Å². The summed E-state index contributed by atoms with van der Waals surface area (Å²) in [6.45, 7) is -2.97. The van der Waals surface area contributed by atoms with E-state index in [2.05, 4.69) is 9.47 Å². The molecule has 0 saturated heterocycles. The maximum Gasteiger partial charge on any atom is 0.387 e. The van der Waals surface area contributed by atoms with E-state index in [0.717, 1.165) is 6.07 Å². The molecule has 1 rings (SSSR count). The zero-order valence-corrected chi connectivity index (χ0v) is 10.2. The minimum absolute atomic E-state index is 0.0312. The van der Waals surface area contributed by atoms with E-state index in [9.17, 15) is 13.6 Å². The van der Waals surface area contributed by atoms with Gasteiger partial charge in [-0.25, -0.2) is 0 Å². The van der Waals surface area contributed by atoms with Crippen LogP contribution in [0.15, 0.2) is 12.1 Å². The number of carbonyl (C=O) groups excluding carboxylic acids is 1. The molecule has 0 heterocycles. The molecule has 0 aliphatic heterocycles. The van der Waals surface area contributed by atoms with Gasteiger partial charge in [0.2, 0.25) is 0 Å². The topological polar surface area (TPSA) is 35.5 Å². The fourth-order valence-corrected chi connectivity index (χ4v) is 1.55. The Morgan fingerprint density at radius 1 is 1.41 bits per heavy atom. The predicted molar refractivity (Wildman–Crippen MR) is 58.8 cm³/mol. The van der Waals surface area contributed by atoms with Gasteiger partial charge >= 0.3 is 12.6 Å². The maximum atomic E-state index is 12.0. The molecule has 0 atom stereocenters. The van der Waals surface area contributed by atoms with Crippen molar-refractivity contribution in [3.05, 3.63) is 27.7 Å². The van der Waals surface area contributed by atoms with Crippen LogP contribution in [0.25, 0.3) is 0 Å². The molecule has 1 aromatic carbocycles. The van der Waals surface area contributed by atoms with Crippen LogP contribution in [0.3, 0.4) is 0 Å². The van der Waals surface area contributed by atoms with E-state index in [0.29, 0.717) is 0 Å². The van der Waals surface area contributed by atoms with Crippen molar-refractivity contribution in [1.29, 1.82) is 0 Å². The lowest BCUT2D eigenvalue weighted by Crippen LogP contribution is -2.07. The van der Waals surface area contributed by atoms with Gasteiger partial charge in [-0.15, -0.1) is 0 Å². The number of methoxy groups -OCH3 is 1. The molecule has 7 heteroatoms. The van der Waals surface area contributed by atoms with E-state index < -0.39 is 12.6 Å². The molecule has 0 aromatic heterocycles. The SMILES string of the molecule is COC(=O)Cc1cc(OC(F)F)cc(Cl)c1Cl. The Morgan fingerprint density at radius 3 is 2.59 bits per heavy atom. The third-order valence-electron chi connectivity index (χ3n) is 1.86. The summed E-state index contributed by atoms with van der Waals surface area (Å²) >= 11 is 11.5. The average molecular weight is 285 g/mol. The van der Waals surface area contributed by atoms with Gasteiger partial charge in [0.05, 0.1) is 23.6 Å². The lowest BCUT2D eigenvalue weighted by molar-refractivity contribution is -0.139. The normalized spacial score (nSPS) is 10.5. The highest BCUT2D eigenvalue weighted by Crippen LogP contribution is 2.32. The van der Waals surface area contributed by atoms with Gasteiger partial charge in [-0.3, -0.25) is 4.79 Å². The molecule has 0 aliphatic rings. The second kappa shape index (κ2) is 6.02. The Bertz CT molecular complexity index is 424. The minimum atomic E-state index is -2.97. The van der Waals surface area contributed by atoms with Crippen LogP contribution in [-0.4, -0.2) is 19.7 Å². The summed E-state index contributed by atoms with van der Waals surface area (Å²) in [7, 11) is 1.21. The third kappa shape index (κ3) is 4.02. The number of alkyl halides is 2. The van der Waals surface area contributed by atoms with Crippen molar-refractivity contribution < 1.29 is 23.0 Å². The summed E-state index contributed by atoms with van der Waals surface area (Å²) in [5.74, 6) is -0.717. The first kappa shape index (κ1) is 14.0. The Hall–Kier alpha value is -1.07. The Labute approximate surface area is 106 Å². The number of benzene rings is 1. The number of rotatable bonds is 4. The molecular formula is C10H8Cl2F2O3. The highest BCUT2D eigenvalue weighted by atomic mass is 35.5. The highest BCUT2D eigenvalue weighted by molar-refractivity contribution is 6.42. The maximum absolute atomic E-state index is 12.0. The van der Waals surface area contributed by atoms with E-state index in [-0.39, 0.29) is 27.8 Å². The molecular weight excluding hydrogens is 277 g/mol. The number of halogens is 4. The van der Waals surface area contributed by atoms with Crippen molar-refractivity contribution in [2.24, 2.45) is 0 Å². The molecule has 0 aliphatic carbocycles.